The summed E-state index contributed by atoms with van der Waals surface area (Å²) in [6, 6.07) is 8.03. The van der Waals surface area contributed by atoms with Gasteiger partial charge in [-0.15, -0.1) is 0 Å². The Morgan fingerprint density at radius 1 is 1.20 bits per heavy atom. The number of ether oxygens (including phenoxy) is 1. The zero-order chi connectivity index (χ0) is 15.1. The molecule has 5 heteroatoms. The molecule has 5 nitrogen and oxygen atoms in total. The summed E-state index contributed by atoms with van der Waals surface area (Å²) in [5.74, 6) is -0.801. The molecule has 110 valence electrons. The van der Waals surface area contributed by atoms with E-state index in [9.17, 15) is 9.59 Å². The lowest BCUT2D eigenvalue weighted by Crippen LogP contribution is -2.49. The highest BCUT2D eigenvalue weighted by molar-refractivity contribution is 5.87. The van der Waals surface area contributed by atoms with Crippen molar-refractivity contribution >= 4 is 11.9 Å². The zero-order valence-electron chi connectivity index (χ0n) is 12.1. The maximum absolute atomic E-state index is 11.8. The van der Waals surface area contributed by atoms with Gasteiger partial charge in [-0.3, -0.25) is 4.79 Å². The Morgan fingerprint density at radius 2 is 1.80 bits per heavy atom. The Balaban J connectivity index is 2.41. The van der Waals surface area contributed by atoms with Crippen LogP contribution in [0.25, 0.3) is 0 Å². The van der Waals surface area contributed by atoms with Crippen molar-refractivity contribution in [3.05, 3.63) is 35.9 Å². The summed E-state index contributed by atoms with van der Waals surface area (Å²) in [7, 11) is 0. The SMILES string of the molecule is CC(NC(=O)C(N)C(C)C)C(=O)OCc1ccccc1. The van der Waals surface area contributed by atoms with Crippen LogP contribution in [0.15, 0.2) is 30.3 Å². The molecular weight excluding hydrogens is 256 g/mol. The van der Waals surface area contributed by atoms with Crippen molar-refractivity contribution < 1.29 is 14.3 Å². The van der Waals surface area contributed by atoms with Crippen LogP contribution < -0.4 is 11.1 Å². The first-order valence-electron chi connectivity index (χ1n) is 6.68. The minimum atomic E-state index is -0.712. The first-order valence-corrected chi connectivity index (χ1v) is 6.68. The lowest BCUT2D eigenvalue weighted by Gasteiger charge is -2.18. The van der Waals surface area contributed by atoms with Gasteiger partial charge in [0.2, 0.25) is 5.91 Å². The van der Waals surface area contributed by atoms with Crippen molar-refractivity contribution in [2.45, 2.75) is 39.5 Å². The van der Waals surface area contributed by atoms with E-state index in [1.807, 2.05) is 44.2 Å². The normalized spacial score (nSPS) is 13.7. The lowest BCUT2D eigenvalue weighted by molar-refractivity contribution is -0.148. The first kappa shape index (κ1) is 16.2. The Bertz CT molecular complexity index is 446. The quantitative estimate of drug-likeness (QED) is 0.767. The number of nitrogens with two attached hydrogens (primary N) is 1. The van der Waals surface area contributed by atoms with E-state index in [0.29, 0.717) is 0 Å². The number of carbonyl (C=O) groups is 2. The van der Waals surface area contributed by atoms with Gasteiger partial charge in [0, 0.05) is 0 Å². The van der Waals surface area contributed by atoms with Crippen molar-refractivity contribution in [2.24, 2.45) is 11.7 Å². The van der Waals surface area contributed by atoms with Crippen LogP contribution in [0, 0.1) is 5.92 Å². The lowest BCUT2D eigenvalue weighted by atomic mass is 10.0. The van der Waals surface area contributed by atoms with Crippen LogP contribution in [0.5, 0.6) is 0 Å². The summed E-state index contributed by atoms with van der Waals surface area (Å²) < 4.78 is 5.14. The largest absolute Gasteiger partial charge is 0.459 e. The molecule has 0 radical (unpaired) electrons. The number of hydrogen-bond donors (Lipinski definition) is 2. The zero-order valence-corrected chi connectivity index (χ0v) is 12.1. The smallest absolute Gasteiger partial charge is 0.328 e. The second-order valence-electron chi connectivity index (χ2n) is 5.09. The molecule has 0 aliphatic rings. The fourth-order valence-corrected chi connectivity index (χ4v) is 1.52. The minimum Gasteiger partial charge on any atom is -0.459 e. The van der Waals surface area contributed by atoms with E-state index in [2.05, 4.69) is 5.32 Å². The van der Waals surface area contributed by atoms with Crippen molar-refractivity contribution in [3.63, 3.8) is 0 Å². The van der Waals surface area contributed by atoms with Gasteiger partial charge in [-0.25, -0.2) is 4.79 Å². The van der Waals surface area contributed by atoms with Gasteiger partial charge in [0.1, 0.15) is 12.6 Å². The van der Waals surface area contributed by atoms with Crippen molar-refractivity contribution in [2.75, 3.05) is 0 Å². The highest BCUT2D eigenvalue weighted by Crippen LogP contribution is 2.03. The highest BCUT2D eigenvalue weighted by atomic mass is 16.5. The van der Waals surface area contributed by atoms with E-state index in [1.165, 1.54) is 0 Å². The van der Waals surface area contributed by atoms with Crippen molar-refractivity contribution in [3.8, 4) is 0 Å². The van der Waals surface area contributed by atoms with E-state index in [1.54, 1.807) is 6.92 Å². The Morgan fingerprint density at radius 3 is 2.35 bits per heavy atom. The molecule has 0 aliphatic carbocycles. The molecule has 0 heterocycles. The molecule has 0 saturated heterocycles. The fraction of sp³-hybridized carbons (Fsp3) is 0.467. The third-order valence-corrected chi connectivity index (χ3v) is 2.96. The van der Waals surface area contributed by atoms with Gasteiger partial charge in [-0.05, 0) is 18.4 Å². The van der Waals surface area contributed by atoms with Gasteiger partial charge >= 0.3 is 5.97 Å². The molecule has 0 fully saturated rings. The number of nitrogens with one attached hydrogen (secondary N) is 1. The van der Waals surface area contributed by atoms with Gasteiger partial charge < -0.3 is 15.8 Å². The molecule has 0 bridgehead atoms. The molecular formula is C15H22N2O3. The molecule has 2 unspecified atom stereocenters. The van der Waals surface area contributed by atoms with Crippen LogP contribution in [-0.4, -0.2) is 24.0 Å². The summed E-state index contributed by atoms with van der Waals surface area (Å²) in [5, 5.41) is 2.56. The predicted molar refractivity (Wildman–Crippen MR) is 76.7 cm³/mol. The molecule has 0 spiro atoms. The average Bonchev–Trinajstić information content (AvgIpc) is 2.44. The summed E-state index contributed by atoms with van der Waals surface area (Å²) in [6.07, 6.45) is 0. The summed E-state index contributed by atoms with van der Waals surface area (Å²) in [4.78, 5) is 23.5. The number of esters is 1. The third-order valence-electron chi connectivity index (χ3n) is 2.96. The number of rotatable bonds is 6. The second-order valence-corrected chi connectivity index (χ2v) is 5.09. The molecule has 2 atom stereocenters. The number of benzene rings is 1. The van der Waals surface area contributed by atoms with Crippen LogP contribution in [0.4, 0.5) is 0 Å². The van der Waals surface area contributed by atoms with Gasteiger partial charge in [-0.1, -0.05) is 44.2 Å². The maximum atomic E-state index is 11.8. The summed E-state index contributed by atoms with van der Waals surface area (Å²) in [5.41, 5.74) is 6.61. The standard InChI is InChI=1S/C15H22N2O3/c1-10(2)13(16)14(18)17-11(3)15(19)20-9-12-7-5-4-6-8-12/h4-8,10-11,13H,9,16H2,1-3H3,(H,17,18). The van der Waals surface area contributed by atoms with Crippen LogP contribution >= 0.6 is 0 Å². The molecule has 0 aromatic heterocycles. The molecule has 1 aromatic rings. The maximum Gasteiger partial charge on any atom is 0.328 e. The fourth-order valence-electron chi connectivity index (χ4n) is 1.52. The van der Waals surface area contributed by atoms with E-state index in [-0.39, 0.29) is 18.4 Å². The highest BCUT2D eigenvalue weighted by Gasteiger charge is 2.22. The van der Waals surface area contributed by atoms with Crippen molar-refractivity contribution in [1.82, 2.24) is 5.32 Å². The van der Waals surface area contributed by atoms with Crippen LogP contribution in [0.2, 0.25) is 0 Å². The third kappa shape index (κ3) is 5.01. The number of hydrogen-bond acceptors (Lipinski definition) is 4. The van der Waals surface area contributed by atoms with Gasteiger partial charge in [-0.2, -0.15) is 0 Å². The van der Waals surface area contributed by atoms with Crippen LogP contribution in [0.3, 0.4) is 0 Å². The average molecular weight is 278 g/mol. The first-order chi connectivity index (χ1) is 9.41. The van der Waals surface area contributed by atoms with Gasteiger partial charge in [0.25, 0.3) is 0 Å². The Hall–Kier alpha value is -1.88. The number of carbonyl (C=O) groups excluding carboxylic acids is 2. The molecule has 1 rings (SSSR count). The molecule has 0 aliphatic heterocycles. The minimum absolute atomic E-state index is 0.0162. The molecule has 3 N–H and O–H groups in total. The van der Waals surface area contributed by atoms with E-state index in [0.717, 1.165) is 5.56 Å². The molecule has 0 saturated carbocycles. The van der Waals surface area contributed by atoms with Gasteiger partial charge in [0.05, 0.1) is 6.04 Å². The number of amides is 1. The van der Waals surface area contributed by atoms with Crippen LogP contribution in [-0.2, 0) is 20.9 Å². The summed E-state index contributed by atoms with van der Waals surface area (Å²) in [6.45, 7) is 5.47. The second kappa shape index (κ2) is 7.65. The van der Waals surface area contributed by atoms with E-state index < -0.39 is 18.1 Å². The summed E-state index contributed by atoms with van der Waals surface area (Å²) >= 11 is 0. The molecule has 1 aromatic carbocycles. The van der Waals surface area contributed by atoms with Gasteiger partial charge in [0.15, 0.2) is 0 Å². The molecule has 20 heavy (non-hydrogen) atoms. The van der Waals surface area contributed by atoms with E-state index >= 15 is 0 Å². The monoisotopic (exact) mass is 278 g/mol. The van der Waals surface area contributed by atoms with Crippen molar-refractivity contribution in [1.29, 1.82) is 0 Å². The van der Waals surface area contributed by atoms with E-state index in [4.69, 9.17) is 10.5 Å². The topological polar surface area (TPSA) is 81.4 Å². The Kier molecular flexibility index (Phi) is 6.18. The molecule has 1 amide bonds. The predicted octanol–water partition coefficient (Wildman–Crippen LogP) is 1.22. The Labute approximate surface area is 119 Å². The van der Waals surface area contributed by atoms with Crippen LogP contribution in [0.1, 0.15) is 26.3 Å².